The summed E-state index contributed by atoms with van der Waals surface area (Å²) >= 11 is 0. The van der Waals surface area contributed by atoms with E-state index in [2.05, 4.69) is 16.5 Å². The monoisotopic (exact) mass is 347 g/mol. The maximum absolute atomic E-state index is 14.1. The fourth-order valence-electron chi connectivity index (χ4n) is 3.37. The highest BCUT2D eigenvalue weighted by molar-refractivity contribution is 5.95. The van der Waals surface area contributed by atoms with Gasteiger partial charge in [-0.3, -0.25) is 4.79 Å². The number of halogens is 1. The molecule has 0 radical (unpaired) electrons. The van der Waals surface area contributed by atoms with Crippen LogP contribution in [-0.4, -0.2) is 60.2 Å². The van der Waals surface area contributed by atoms with Crippen molar-refractivity contribution in [2.24, 2.45) is 0 Å². The van der Waals surface area contributed by atoms with Crippen molar-refractivity contribution in [1.29, 1.82) is 5.26 Å². The summed E-state index contributed by atoms with van der Waals surface area (Å²) in [6, 6.07) is 1.35. The number of aromatic nitrogens is 1. The summed E-state index contributed by atoms with van der Waals surface area (Å²) in [5, 5.41) is 11.7. The van der Waals surface area contributed by atoms with Crippen LogP contribution in [0.1, 0.15) is 30.6 Å². The van der Waals surface area contributed by atoms with Crippen LogP contribution in [0.3, 0.4) is 0 Å². The van der Waals surface area contributed by atoms with Crippen LogP contribution in [0.5, 0.6) is 0 Å². The normalized spacial score (nSPS) is 26.4. The number of likely N-dealkylation sites (tertiary alicyclic amines) is 1. The predicted molar refractivity (Wildman–Crippen MR) is 89.5 cm³/mol. The lowest BCUT2D eigenvalue weighted by Crippen LogP contribution is -2.46. The molecule has 0 unspecified atom stereocenters. The van der Waals surface area contributed by atoms with Gasteiger partial charge in [-0.15, -0.1) is 0 Å². The first-order valence-corrected chi connectivity index (χ1v) is 8.47. The van der Waals surface area contributed by atoms with E-state index >= 15 is 0 Å². The van der Waals surface area contributed by atoms with Crippen LogP contribution in [0.2, 0.25) is 0 Å². The second kappa shape index (κ2) is 7.23. The van der Waals surface area contributed by atoms with E-state index in [1.165, 1.54) is 6.07 Å². The van der Waals surface area contributed by atoms with Crippen molar-refractivity contribution in [1.82, 2.24) is 15.2 Å². The van der Waals surface area contributed by atoms with E-state index < -0.39 is 11.7 Å². The van der Waals surface area contributed by atoms with Crippen molar-refractivity contribution in [3.63, 3.8) is 0 Å². The molecule has 8 heteroatoms. The molecule has 2 fully saturated rings. The maximum Gasteiger partial charge on any atom is 0.254 e. The number of morpholine rings is 1. The van der Waals surface area contributed by atoms with E-state index in [0.29, 0.717) is 38.4 Å². The molecule has 1 aromatic heterocycles. The summed E-state index contributed by atoms with van der Waals surface area (Å²) in [5.74, 6) is -0.551. The predicted octanol–water partition coefficient (Wildman–Crippen LogP) is 1.12. The summed E-state index contributed by atoms with van der Waals surface area (Å²) in [6.45, 7) is 6.30. The zero-order chi connectivity index (χ0) is 18.0. The van der Waals surface area contributed by atoms with Gasteiger partial charge in [0.25, 0.3) is 5.91 Å². The highest BCUT2D eigenvalue weighted by atomic mass is 19.1. The van der Waals surface area contributed by atoms with Crippen molar-refractivity contribution >= 4 is 11.7 Å². The third-order valence-corrected chi connectivity index (χ3v) is 4.49. The Morgan fingerprint density at radius 2 is 2.12 bits per heavy atom. The Hall–Kier alpha value is -2.40. The fraction of sp³-hybridized carbons (Fsp3) is 0.588. The number of rotatable bonds is 3. The first kappa shape index (κ1) is 17.4. The molecule has 7 nitrogen and oxygen atoms in total. The van der Waals surface area contributed by atoms with E-state index in [0.717, 1.165) is 6.20 Å². The summed E-state index contributed by atoms with van der Waals surface area (Å²) in [6.07, 6.45) is 3.91. The van der Waals surface area contributed by atoms with E-state index in [1.807, 2.05) is 18.7 Å². The van der Waals surface area contributed by atoms with Crippen LogP contribution >= 0.6 is 0 Å². The highest BCUT2D eigenvalue weighted by Crippen LogP contribution is 2.21. The molecule has 3 atom stereocenters. The van der Waals surface area contributed by atoms with E-state index in [9.17, 15) is 9.18 Å². The van der Waals surface area contributed by atoms with Gasteiger partial charge in [0.1, 0.15) is 5.82 Å². The summed E-state index contributed by atoms with van der Waals surface area (Å²) < 4.78 is 19.8. The van der Waals surface area contributed by atoms with Crippen LogP contribution < -0.4 is 10.2 Å². The second-order valence-corrected chi connectivity index (χ2v) is 6.69. The summed E-state index contributed by atoms with van der Waals surface area (Å²) in [4.78, 5) is 20.2. The zero-order valence-corrected chi connectivity index (χ0v) is 14.4. The smallest absolute Gasteiger partial charge is 0.254 e. The van der Waals surface area contributed by atoms with Gasteiger partial charge in [0.2, 0.25) is 0 Å². The summed E-state index contributed by atoms with van der Waals surface area (Å²) in [5.41, 5.74) is -0.0211. The number of pyridine rings is 1. The Labute approximate surface area is 146 Å². The minimum Gasteiger partial charge on any atom is -0.372 e. The third-order valence-electron chi connectivity index (χ3n) is 4.49. The van der Waals surface area contributed by atoms with Crippen LogP contribution in [0, 0.1) is 17.3 Å². The van der Waals surface area contributed by atoms with Crippen LogP contribution in [0.15, 0.2) is 12.3 Å². The number of hydrogen-bond donors (Lipinski definition) is 1. The molecule has 2 aliphatic rings. The number of ether oxygens (including phenoxy) is 1. The Morgan fingerprint density at radius 3 is 2.76 bits per heavy atom. The quantitative estimate of drug-likeness (QED) is 0.825. The lowest BCUT2D eigenvalue weighted by Gasteiger charge is -2.36. The summed E-state index contributed by atoms with van der Waals surface area (Å²) in [7, 11) is 0. The molecule has 0 bridgehead atoms. The van der Waals surface area contributed by atoms with Crippen LogP contribution in [0.25, 0.3) is 0 Å². The molecule has 0 aromatic carbocycles. The molecule has 3 rings (SSSR count). The fourth-order valence-corrected chi connectivity index (χ4v) is 3.37. The molecule has 0 saturated carbocycles. The Balaban J connectivity index is 1.73. The lowest BCUT2D eigenvalue weighted by molar-refractivity contribution is -0.00546. The van der Waals surface area contributed by atoms with Crippen molar-refractivity contribution in [2.75, 3.05) is 31.1 Å². The number of nitriles is 1. The minimum atomic E-state index is -0.647. The van der Waals surface area contributed by atoms with Gasteiger partial charge < -0.3 is 19.9 Å². The Morgan fingerprint density at radius 1 is 1.40 bits per heavy atom. The lowest BCUT2D eigenvalue weighted by atomic mass is 10.1. The molecule has 134 valence electrons. The van der Waals surface area contributed by atoms with E-state index in [1.54, 1.807) is 4.90 Å². The van der Waals surface area contributed by atoms with Crippen LogP contribution in [-0.2, 0) is 4.74 Å². The number of nitrogens with zero attached hydrogens (tertiary/aromatic N) is 4. The van der Waals surface area contributed by atoms with Crippen LogP contribution in [0.4, 0.5) is 10.2 Å². The van der Waals surface area contributed by atoms with Gasteiger partial charge in [0.05, 0.1) is 24.0 Å². The molecule has 3 heterocycles. The van der Waals surface area contributed by atoms with Crippen molar-refractivity contribution in [3.05, 3.63) is 23.6 Å². The molecule has 2 aliphatic heterocycles. The average Bonchev–Trinajstić information content (AvgIpc) is 3.01. The second-order valence-electron chi connectivity index (χ2n) is 6.69. The number of carbonyl (C=O) groups excluding carboxylic acids is 1. The number of anilines is 1. The number of nitrogens with one attached hydrogen (secondary N) is 1. The molecule has 25 heavy (non-hydrogen) atoms. The standard InChI is InChI=1S/C17H22FN5O2/c1-11-7-23(8-12(2)25-11)16-5-14(15(18)6-20-16)17(24)21-13-3-4-22(9-13)10-19/h5-6,11-13H,3-4,7-9H2,1-2H3,(H,21,24)/t11-,12+,13-/m1/s1. The molecule has 0 spiro atoms. The number of carbonyl (C=O) groups is 1. The Kier molecular flexibility index (Phi) is 5.04. The minimum absolute atomic E-state index is 0.0211. The Bertz CT molecular complexity index is 682. The largest absolute Gasteiger partial charge is 0.372 e. The van der Waals surface area contributed by atoms with Crippen molar-refractivity contribution in [2.45, 2.75) is 38.5 Å². The van der Waals surface area contributed by atoms with Gasteiger partial charge in [-0.25, -0.2) is 9.37 Å². The SMILES string of the molecule is C[C@@H]1CN(c2cc(C(=O)N[C@@H]3CCN(C#N)C3)c(F)cn2)C[C@H](C)O1. The van der Waals surface area contributed by atoms with Gasteiger partial charge in [-0.2, -0.15) is 5.26 Å². The van der Waals surface area contributed by atoms with Crippen molar-refractivity contribution in [3.8, 4) is 6.19 Å². The van der Waals surface area contributed by atoms with E-state index in [4.69, 9.17) is 10.00 Å². The molecule has 1 amide bonds. The van der Waals surface area contributed by atoms with Gasteiger partial charge in [-0.1, -0.05) is 0 Å². The molecular weight excluding hydrogens is 325 g/mol. The van der Waals surface area contributed by atoms with Crippen molar-refractivity contribution < 1.29 is 13.9 Å². The third kappa shape index (κ3) is 3.99. The molecule has 0 aliphatic carbocycles. The highest BCUT2D eigenvalue weighted by Gasteiger charge is 2.27. The molecule has 1 N–H and O–H groups in total. The first-order valence-electron chi connectivity index (χ1n) is 8.47. The van der Waals surface area contributed by atoms with Gasteiger partial charge in [-0.05, 0) is 26.3 Å². The molecule has 1 aromatic rings. The number of hydrogen-bond acceptors (Lipinski definition) is 6. The zero-order valence-electron chi connectivity index (χ0n) is 14.4. The van der Waals surface area contributed by atoms with Gasteiger partial charge >= 0.3 is 0 Å². The molecular formula is C17H22FN5O2. The topological polar surface area (TPSA) is 81.5 Å². The molecule has 2 saturated heterocycles. The average molecular weight is 347 g/mol. The van der Waals surface area contributed by atoms with E-state index in [-0.39, 0.29) is 23.8 Å². The first-order chi connectivity index (χ1) is 12.0. The maximum atomic E-state index is 14.1. The van der Waals surface area contributed by atoms with Gasteiger partial charge in [0.15, 0.2) is 12.0 Å². The van der Waals surface area contributed by atoms with Gasteiger partial charge in [0, 0.05) is 32.2 Å². The number of amides is 1.